The van der Waals surface area contributed by atoms with Gasteiger partial charge in [0.25, 0.3) is 17.3 Å². The van der Waals surface area contributed by atoms with E-state index in [4.69, 9.17) is 21.1 Å². The van der Waals surface area contributed by atoms with E-state index in [0.717, 1.165) is 49.1 Å². The third-order valence-electron chi connectivity index (χ3n) is 8.43. The Labute approximate surface area is 238 Å². The number of thioether (sulfide) groups is 1. The van der Waals surface area contributed by atoms with Gasteiger partial charge in [0.1, 0.15) is 0 Å². The van der Waals surface area contributed by atoms with Gasteiger partial charge in [-0.1, -0.05) is 11.6 Å². The van der Waals surface area contributed by atoms with Crippen LogP contribution in [0, 0.1) is 25.7 Å². The second-order valence-electron chi connectivity index (χ2n) is 11.1. The van der Waals surface area contributed by atoms with Gasteiger partial charge in [0.15, 0.2) is 11.5 Å². The monoisotopic (exact) mass is 573 g/mol. The molecule has 1 aliphatic heterocycles. The van der Waals surface area contributed by atoms with Crippen molar-refractivity contribution in [2.45, 2.75) is 82.6 Å². The molecule has 2 heterocycles. The second kappa shape index (κ2) is 10.7. The number of ether oxygens (including phenoxy) is 2. The number of amides is 2. The SMILES string of the molecule is CSc1cc(C)[nH]c(=O)c1CNC(=O)c1cc(Cl)c2c(c1C)OC(C)(C1CCC(C(=O)N(C)C3CC3)CC1)O2. The highest BCUT2D eigenvalue weighted by molar-refractivity contribution is 7.98. The number of aryl methyl sites for hydroxylation is 1. The van der Waals surface area contributed by atoms with E-state index in [0.29, 0.717) is 39.3 Å². The van der Waals surface area contributed by atoms with Crippen LogP contribution in [0.15, 0.2) is 21.8 Å². The molecular weight excluding hydrogens is 538 g/mol. The highest BCUT2D eigenvalue weighted by Gasteiger charge is 2.48. The minimum atomic E-state index is -0.926. The van der Waals surface area contributed by atoms with Crippen LogP contribution >= 0.6 is 23.4 Å². The molecule has 1 atom stereocenters. The molecule has 3 aliphatic rings. The first kappa shape index (κ1) is 27.9. The summed E-state index contributed by atoms with van der Waals surface area (Å²) in [6, 6.07) is 3.91. The first-order valence-corrected chi connectivity index (χ1v) is 15.2. The molecular formula is C29H36ClN3O5S. The van der Waals surface area contributed by atoms with Crippen LogP contribution in [-0.2, 0) is 11.3 Å². The highest BCUT2D eigenvalue weighted by Crippen LogP contribution is 2.52. The molecule has 0 saturated heterocycles. The fourth-order valence-electron chi connectivity index (χ4n) is 5.84. The fraction of sp³-hybridized carbons (Fsp3) is 0.552. The van der Waals surface area contributed by atoms with Crippen molar-refractivity contribution < 1.29 is 19.1 Å². The topological polar surface area (TPSA) is 101 Å². The molecule has 0 spiro atoms. The van der Waals surface area contributed by atoms with Crippen LogP contribution in [-0.4, -0.2) is 46.8 Å². The van der Waals surface area contributed by atoms with Crippen LogP contribution in [0.5, 0.6) is 11.5 Å². The molecule has 0 bridgehead atoms. The zero-order chi connectivity index (χ0) is 28.1. The molecule has 2 amide bonds. The fourth-order valence-corrected chi connectivity index (χ4v) is 6.78. The summed E-state index contributed by atoms with van der Waals surface area (Å²) in [5, 5.41) is 3.17. The zero-order valence-corrected chi connectivity index (χ0v) is 24.7. The van der Waals surface area contributed by atoms with Gasteiger partial charge in [0.2, 0.25) is 5.91 Å². The van der Waals surface area contributed by atoms with Crippen molar-refractivity contribution in [2.75, 3.05) is 13.3 Å². The minimum Gasteiger partial charge on any atom is -0.448 e. The number of carbonyl (C=O) groups is 2. The zero-order valence-electron chi connectivity index (χ0n) is 23.1. The lowest BCUT2D eigenvalue weighted by Gasteiger charge is -2.37. The van der Waals surface area contributed by atoms with Crippen LogP contribution in [0.3, 0.4) is 0 Å². The van der Waals surface area contributed by atoms with Gasteiger partial charge < -0.3 is 24.7 Å². The molecule has 2 saturated carbocycles. The van der Waals surface area contributed by atoms with Crippen molar-refractivity contribution in [1.82, 2.24) is 15.2 Å². The third-order valence-corrected chi connectivity index (χ3v) is 9.51. The van der Waals surface area contributed by atoms with Crippen LogP contribution in [0.2, 0.25) is 5.02 Å². The van der Waals surface area contributed by atoms with Gasteiger partial charge in [-0.25, -0.2) is 0 Å². The summed E-state index contributed by atoms with van der Waals surface area (Å²) >= 11 is 8.07. The molecule has 8 nitrogen and oxygen atoms in total. The van der Waals surface area contributed by atoms with Gasteiger partial charge in [0.05, 0.1) is 5.02 Å². The Morgan fingerprint density at radius 1 is 1.13 bits per heavy atom. The Morgan fingerprint density at radius 3 is 2.44 bits per heavy atom. The van der Waals surface area contributed by atoms with Crippen molar-refractivity contribution >= 4 is 35.2 Å². The van der Waals surface area contributed by atoms with Crippen LogP contribution in [0.4, 0.5) is 0 Å². The molecule has 39 heavy (non-hydrogen) atoms. The van der Waals surface area contributed by atoms with Crippen LogP contribution in [0.25, 0.3) is 0 Å². The maximum Gasteiger partial charge on any atom is 0.254 e. The van der Waals surface area contributed by atoms with E-state index in [1.54, 1.807) is 6.07 Å². The van der Waals surface area contributed by atoms with E-state index < -0.39 is 5.79 Å². The summed E-state index contributed by atoms with van der Waals surface area (Å²) in [4.78, 5) is 44.1. The number of carbonyl (C=O) groups excluding carboxylic acids is 2. The average molecular weight is 574 g/mol. The Hall–Kier alpha value is -2.65. The van der Waals surface area contributed by atoms with Crippen molar-refractivity contribution in [2.24, 2.45) is 11.8 Å². The lowest BCUT2D eigenvalue weighted by atomic mass is 9.77. The number of aromatic amines is 1. The molecule has 2 N–H and O–H groups in total. The van der Waals surface area contributed by atoms with Crippen LogP contribution in [0.1, 0.15) is 72.6 Å². The van der Waals surface area contributed by atoms with Gasteiger partial charge in [0, 0.05) is 65.7 Å². The van der Waals surface area contributed by atoms with Gasteiger partial charge in [-0.2, -0.15) is 0 Å². The number of hydrogen-bond acceptors (Lipinski definition) is 6. The quantitative estimate of drug-likeness (QED) is 0.441. The number of hydrogen-bond donors (Lipinski definition) is 2. The molecule has 210 valence electrons. The first-order chi connectivity index (χ1) is 18.5. The average Bonchev–Trinajstić information content (AvgIpc) is 3.70. The number of benzene rings is 1. The van der Waals surface area contributed by atoms with Crippen molar-refractivity contribution in [3.63, 3.8) is 0 Å². The molecule has 2 aliphatic carbocycles. The largest absolute Gasteiger partial charge is 0.448 e. The molecule has 5 rings (SSSR count). The molecule has 1 unspecified atom stereocenters. The van der Waals surface area contributed by atoms with E-state index in [1.165, 1.54) is 11.8 Å². The summed E-state index contributed by atoms with van der Waals surface area (Å²) in [6.45, 7) is 5.65. The van der Waals surface area contributed by atoms with Gasteiger partial charge in [-0.15, -0.1) is 11.8 Å². The standard InChI is InChI=1S/C29H36ClN3O5S/c1-15-12-23(39-5)21(27(35)32-15)14-31-26(34)20-13-22(30)25-24(16(20)2)37-29(3,38-25)18-8-6-17(7-9-18)28(36)33(4)19-10-11-19/h12-13,17-19H,6-11,14H2,1-5H3,(H,31,34)(H,32,35). The van der Waals surface area contributed by atoms with Gasteiger partial charge >= 0.3 is 0 Å². The predicted octanol–water partition coefficient (Wildman–Crippen LogP) is 5.21. The van der Waals surface area contributed by atoms with E-state index in [2.05, 4.69) is 10.3 Å². The highest BCUT2D eigenvalue weighted by atomic mass is 35.5. The summed E-state index contributed by atoms with van der Waals surface area (Å²) in [5.74, 6) is 0.0347. The molecule has 0 radical (unpaired) electrons. The minimum absolute atomic E-state index is 0.0484. The summed E-state index contributed by atoms with van der Waals surface area (Å²) in [5.41, 5.74) is 2.07. The van der Waals surface area contributed by atoms with E-state index in [-0.39, 0.29) is 35.8 Å². The summed E-state index contributed by atoms with van der Waals surface area (Å²) in [6.07, 6.45) is 7.34. The molecule has 10 heteroatoms. The normalized spacial score (nSPS) is 23.9. The number of nitrogens with zero attached hydrogens (tertiary/aromatic N) is 1. The van der Waals surface area contributed by atoms with E-state index in [1.807, 2.05) is 45.0 Å². The van der Waals surface area contributed by atoms with E-state index >= 15 is 0 Å². The lowest BCUT2D eigenvalue weighted by Crippen LogP contribution is -2.46. The summed E-state index contributed by atoms with van der Waals surface area (Å²) < 4.78 is 12.7. The van der Waals surface area contributed by atoms with Crippen molar-refractivity contribution in [1.29, 1.82) is 0 Å². The van der Waals surface area contributed by atoms with Gasteiger partial charge in [-0.3, -0.25) is 14.4 Å². The maximum absolute atomic E-state index is 13.2. The smallest absolute Gasteiger partial charge is 0.254 e. The maximum atomic E-state index is 13.2. The molecule has 1 aromatic heterocycles. The van der Waals surface area contributed by atoms with Crippen molar-refractivity contribution in [3.05, 3.63) is 49.9 Å². The van der Waals surface area contributed by atoms with Crippen LogP contribution < -0.4 is 20.3 Å². The predicted molar refractivity (Wildman–Crippen MR) is 152 cm³/mol. The number of aromatic nitrogens is 1. The molecule has 2 aromatic rings. The number of H-pyrrole nitrogens is 1. The third kappa shape index (κ3) is 5.40. The number of pyridine rings is 1. The Balaban J connectivity index is 1.28. The van der Waals surface area contributed by atoms with Crippen molar-refractivity contribution in [3.8, 4) is 11.5 Å². The molecule has 2 fully saturated rings. The lowest BCUT2D eigenvalue weighted by molar-refractivity contribution is -0.142. The number of rotatable bonds is 7. The number of halogens is 1. The first-order valence-electron chi connectivity index (χ1n) is 13.5. The molecule has 1 aromatic carbocycles. The Morgan fingerprint density at radius 2 is 1.79 bits per heavy atom. The van der Waals surface area contributed by atoms with E-state index in [9.17, 15) is 14.4 Å². The second-order valence-corrected chi connectivity index (χ2v) is 12.4. The Bertz CT molecular complexity index is 1370. The van der Waals surface area contributed by atoms with Gasteiger partial charge in [-0.05, 0) is 70.8 Å². The summed E-state index contributed by atoms with van der Waals surface area (Å²) in [7, 11) is 1.92. The Kier molecular flexibility index (Phi) is 7.68. The number of nitrogens with one attached hydrogen (secondary N) is 2. The number of fused-ring (bicyclic) bond motifs is 1.